The number of rotatable bonds is 5. The largest absolute Gasteiger partial charge is 0.472 e. The van der Waals surface area contributed by atoms with E-state index in [-0.39, 0.29) is 11.7 Å². The minimum atomic E-state index is 0.0234. The predicted octanol–water partition coefficient (Wildman–Crippen LogP) is 3.38. The topological polar surface area (TPSA) is 47.7 Å². The molecule has 2 aliphatic heterocycles. The Morgan fingerprint density at radius 2 is 2.29 bits per heavy atom. The van der Waals surface area contributed by atoms with Gasteiger partial charge in [0, 0.05) is 37.0 Å². The fraction of sp³-hybridized carbons (Fsp3) is 0.611. The van der Waals surface area contributed by atoms with Crippen LogP contribution in [0.15, 0.2) is 28.4 Å². The number of hydrogen-bond donors (Lipinski definition) is 0. The predicted molar refractivity (Wildman–Crippen MR) is 91.9 cm³/mol. The lowest BCUT2D eigenvalue weighted by Crippen LogP contribution is -2.43. The van der Waals surface area contributed by atoms with E-state index in [1.165, 1.54) is 5.56 Å². The van der Waals surface area contributed by atoms with Gasteiger partial charge in [0.1, 0.15) is 0 Å². The summed E-state index contributed by atoms with van der Waals surface area (Å²) in [4.78, 5) is 6.94. The molecular weight excluding hydrogens is 324 g/mol. The van der Waals surface area contributed by atoms with Crippen molar-refractivity contribution < 1.29 is 13.9 Å². The molecule has 1 unspecified atom stereocenters. The summed E-state index contributed by atoms with van der Waals surface area (Å²) in [5.74, 6) is 0. The number of aromatic nitrogens is 1. The molecule has 2 fully saturated rings. The Hall–Kier alpha value is -1.21. The van der Waals surface area contributed by atoms with E-state index in [1.54, 1.807) is 17.6 Å². The van der Waals surface area contributed by atoms with Gasteiger partial charge in [-0.3, -0.25) is 4.90 Å². The maximum absolute atomic E-state index is 6.18. The summed E-state index contributed by atoms with van der Waals surface area (Å²) < 4.78 is 17.4. The molecule has 1 atom stereocenters. The summed E-state index contributed by atoms with van der Waals surface area (Å²) in [7, 11) is 0. The molecule has 0 radical (unpaired) electrons. The number of hydrogen-bond acceptors (Lipinski definition) is 6. The van der Waals surface area contributed by atoms with Crippen molar-refractivity contribution in [3.63, 3.8) is 0 Å². The summed E-state index contributed by atoms with van der Waals surface area (Å²) in [6.07, 6.45) is 6.96. The maximum atomic E-state index is 6.18. The molecule has 6 heteroatoms. The van der Waals surface area contributed by atoms with Crippen LogP contribution in [0.5, 0.6) is 0 Å². The molecule has 0 amide bonds. The molecule has 130 valence electrons. The molecule has 0 aliphatic carbocycles. The van der Waals surface area contributed by atoms with Crippen molar-refractivity contribution in [3.05, 3.63) is 40.2 Å². The summed E-state index contributed by atoms with van der Waals surface area (Å²) >= 11 is 1.68. The van der Waals surface area contributed by atoms with E-state index in [0.717, 1.165) is 49.6 Å². The van der Waals surface area contributed by atoms with Gasteiger partial charge in [-0.25, -0.2) is 4.98 Å². The van der Waals surface area contributed by atoms with Gasteiger partial charge in [0.2, 0.25) is 0 Å². The molecule has 0 saturated carbocycles. The van der Waals surface area contributed by atoms with Crippen LogP contribution in [0.25, 0.3) is 0 Å². The van der Waals surface area contributed by atoms with Crippen molar-refractivity contribution in [2.45, 2.75) is 51.0 Å². The fourth-order valence-electron chi connectivity index (χ4n) is 3.70. The average molecular weight is 348 g/mol. The summed E-state index contributed by atoms with van der Waals surface area (Å²) in [6, 6.07) is 2.04. The van der Waals surface area contributed by atoms with Gasteiger partial charge < -0.3 is 13.9 Å². The number of ether oxygens (including phenoxy) is 2. The monoisotopic (exact) mass is 348 g/mol. The molecule has 2 aromatic rings. The number of thiazole rings is 1. The van der Waals surface area contributed by atoms with Crippen LogP contribution >= 0.6 is 11.3 Å². The van der Waals surface area contributed by atoms with Gasteiger partial charge in [0.15, 0.2) is 0 Å². The van der Waals surface area contributed by atoms with Gasteiger partial charge in [-0.15, -0.1) is 11.3 Å². The smallest absolute Gasteiger partial charge is 0.0947 e. The van der Waals surface area contributed by atoms with Crippen LogP contribution in [0.1, 0.15) is 35.5 Å². The lowest BCUT2D eigenvalue weighted by atomic mass is 9.88. The molecular formula is C18H24N2O3S. The van der Waals surface area contributed by atoms with E-state index in [2.05, 4.69) is 15.3 Å². The minimum absolute atomic E-state index is 0.0234. The Morgan fingerprint density at radius 1 is 1.42 bits per heavy atom. The lowest BCUT2D eigenvalue weighted by Gasteiger charge is -2.38. The molecule has 4 rings (SSSR count). The van der Waals surface area contributed by atoms with Gasteiger partial charge in [-0.1, -0.05) is 0 Å². The zero-order chi connectivity index (χ0) is 16.4. The SMILES string of the molecule is Cc1nc(COC2COC3(CCN(Cc4ccoc4)CC3)C2)cs1. The summed E-state index contributed by atoms with van der Waals surface area (Å²) in [5.41, 5.74) is 2.31. The van der Waals surface area contributed by atoms with Crippen LogP contribution in [-0.2, 0) is 22.6 Å². The summed E-state index contributed by atoms with van der Waals surface area (Å²) in [5, 5.41) is 3.17. The first-order valence-corrected chi connectivity index (χ1v) is 9.49. The number of aryl methyl sites for hydroxylation is 1. The molecule has 2 saturated heterocycles. The van der Waals surface area contributed by atoms with Gasteiger partial charge in [-0.2, -0.15) is 0 Å². The number of furan rings is 1. The molecule has 2 aliphatic rings. The van der Waals surface area contributed by atoms with Crippen molar-refractivity contribution in [3.8, 4) is 0 Å². The Bertz CT molecular complexity index is 647. The molecule has 5 nitrogen and oxygen atoms in total. The highest BCUT2D eigenvalue weighted by Crippen LogP contribution is 2.37. The van der Waals surface area contributed by atoms with Gasteiger partial charge in [0.25, 0.3) is 0 Å². The highest BCUT2D eigenvalue weighted by Gasteiger charge is 2.43. The third-order valence-corrected chi connectivity index (χ3v) is 5.88. The quantitative estimate of drug-likeness (QED) is 0.829. The van der Waals surface area contributed by atoms with Crippen molar-refractivity contribution in [1.29, 1.82) is 0 Å². The molecule has 24 heavy (non-hydrogen) atoms. The van der Waals surface area contributed by atoms with E-state index in [1.807, 2.05) is 19.3 Å². The zero-order valence-electron chi connectivity index (χ0n) is 14.1. The molecule has 0 bridgehead atoms. The molecule has 0 aromatic carbocycles. The Kier molecular flexibility index (Phi) is 4.72. The second-order valence-electron chi connectivity index (χ2n) is 6.90. The van der Waals surface area contributed by atoms with Crippen LogP contribution in [-0.4, -0.2) is 41.3 Å². The number of likely N-dealkylation sites (tertiary alicyclic amines) is 1. The standard InChI is InChI=1S/C18H24N2O3S/c1-14-19-16(13-24-14)11-22-17-8-18(23-12-17)3-5-20(6-4-18)9-15-2-7-21-10-15/h2,7,10,13,17H,3-6,8-9,11-12H2,1H3. The normalized spacial score (nSPS) is 24.0. The minimum Gasteiger partial charge on any atom is -0.472 e. The van der Waals surface area contributed by atoms with Crippen molar-refractivity contribution in [2.75, 3.05) is 19.7 Å². The van der Waals surface area contributed by atoms with Crippen molar-refractivity contribution in [1.82, 2.24) is 9.88 Å². The van der Waals surface area contributed by atoms with E-state index in [9.17, 15) is 0 Å². The lowest BCUT2D eigenvalue weighted by molar-refractivity contribution is -0.0468. The number of piperidine rings is 1. The Morgan fingerprint density at radius 3 is 3.00 bits per heavy atom. The molecule has 2 aromatic heterocycles. The first-order valence-electron chi connectivity index (χ1n) is 8.61. The van der Waals surface area contributed by atoms with Gasteiger partial charge in [0.05, 0.1) is 48.1 Å². The van der Waals surface area contributed by atoms with Crippen LogP contribution in [0.3, 0.4) is 0 Å². The van der Waals surface area contributed by atoms with Crippen LogP contribution in [0, 0.1) is 6.92 Å². The van der Waals surface area contributed by atoms with Crippen molar-refractivity contribution in [2.24, 2.45) is 0 Å². The molecule has 4 heterocycles. The third kappa shape index (κ3) is 3.72. The summed E-state index contributed by atoms with van der Waals surface area (Å²) in [6.45, 7) is 6.45. The van der Waals surface area contributed by atoms with E-state index in [4.69, 9.17) is 13.9 Å². The number of nitrogens with zero attached hydrogens (tertiary/aromatic N) is 2. The van der Waals surface area contributed by atoms with Crippen LogP contribution in [0.2, 0.25) is 0 Å². The molecule has 0 N–H and O–H groups in total. The highest BCUT2D eigenvalue weighted by atomic mass is 32.1. The Balaban J connectivity index is 1.24. The van der Waals surface area contributed by atoms with Crippen molar-refractivity contribution >= 4 is 11.3 Å². The van der Waals surface area contributed by atoms with Crippen LogP contribution in [0.4, 0.5) is 0 Å². The fourth-order valence-corrected chi connectivity index (χ4v) is 4.29. The second-order valence-corrected chi connectivity index (χ2v) is 7.96. The van der Waals surface area contributed by atoms with Gasteiger partial charge >= 0.3 is 0 Å². The van der Waals surface area contributed by atoms with E-state index >= 15 is 0 Å². The first-order chi connectivity index (χ1) is 11.7. The Labute approximate surface area is 146 Å². The zero-order valence-corrected chi connectivity index (χ0v) is 14.9. The third-order valence-electron chi connectivity index (χ3n) is 5.06. The average Bonchev–Trinajstić information content (AvgIpc) is 3.31. The molecule has 1 spiro atoms. The second kappa shape index (κ2) is 6.96. The van der Waals surface area contributed by atoms with Gasteiger partial charge in [-0.05, 0) is 25.8 Å². The maximum Gasteiger partial charge on any atom is 0.0947 e. The first kappa shape index (κ1) is 16.3. The van der Waals surface area contributed by atoms with E-state index in [0.29, 0.717) is 13.2 Å². The highest BCUT2D eigenvalue weighted by molar-refractivity contribution is 7.09. The van der Waals surface area contributed by atoms with E-state index < -0.39 is 0 Å². The van der Waals surface area contributed by atoms with Crippen LogP contribution < -0.4 is 0 Å².